The van der Waals surface area contributed by atoms with Gasteiger partial charge in [0.25, 0.3) is 5.91 Å². The second-order valence-electron chi connectivity index (χ2n) is 7.44. The molecule has 0 radical (unpaired) electrons. The predicted octanol–water partition coefficient (Wildman–Crippen LogP) is 3.80. The summed E-state index contributed by atoms with van der Waals surface area (Å²) in [4.78, 5) is 12.8. The van der Waals surface area contributed by atoms with E-state index in [0.29, 0.717) is 36.8 Å². The normalized spacial score (nSPS) is 15.7. The number of amides is 1. The Morgan fingerprint density at radius 3 is 2.36 bits per heavy atom. The molecule has 28 heavy (non-hydrogen) atoms. The summed E-state index contributed by atoms with van der Waals surface area (Å²) in [5, 5.41) is 3.15. The lowest BCUT2D eigenvalue weighted by atomic mass is 9.74. The van der Waals surface area contributed by atoms with Gasteiger partial charge in [0.2, 0.25) is 0 Å². The van der Waals surface area contributed by atoms with Crippen molar-refractivity contribution in [2.24, 2.45) is 0 Å². The van der Waals surface area contributed by atoms with Gasteiger partial charge in [-0.3, -0.25) is 4.79 Å². The van der Waals surface area contributed by atoms with Crippen LogP contribution in [0, 0.1) is 13.8 Å². The summed E-state index contributed by atoms with van der Waals surface area (Å²) in [5.74, 6) is 1.36. The van der Waals surface area contributed by atoms with Gasteiger partial charge in [0.1, 0.15) is 0 Å². The molecule has 0 unspecified atom stereocenters. The number of aryl methyl sites for hydroxylation is 2. The molecule has 1 fully saturated rings. The molecule has 0 bridgehead atoms. The number of carbonyl (C=O) groups is 1. The second kappa shape index (κ2) is 8.65. The molecular weight excluding hydrogens is 354 g/mol. The fraction of sp³-hybridized carbons (Fsp3) is 0.435. The molecule has 0 saturated carbocycles. The highest BCUT2D eigenvalue weighted by Gasteiger charge is 2.35. The topological polar surface area (TPSA) is 56.8 Å². The number of ether oxygens (including phenoxy) is 3. The third kappa shape index (κ3) is 4.14. The molecule has 1 N–H and O–H groups in total. The Hall–Kier alpha value is -2.53. The summed E-state index contributed by atoms with van der Waals surface area (Å²) < 4.78 is 16.5. The van der Waals surface area contributed by atoms with Gasteiger partial charge in [-0.2, -0.15) is 0 Å². The SMILES string of the molecule is COc1ccc(C2(CNC(=O)c3ccc(C)c(C)c3)CCOCC2)cc1OC. The van der Waals surface area contributed by atoms with E-state index in [2.05, 4.69) is 11.4 Å². The maximum atomic E-state index is 12.8. The monoisotopic (exact) mass is 383 g/mol. The quantitative estimate of drug-likeness (QED) is 0.824. The van der Waals surface area contributed by atoms with E-state index in [0.717, 1.165) is 24.0 Å². The van der Waals surface area contributed by atoms with E-state index in [1.54, 1.807) is 14.2 Å². The number of methoxy groups -OCH3 is 2. The van der Waals surface area contributed by atoms with Crippen molar-refractivity contribution in [3.8, 4) is 11.5 Å². The number of carbonyl (C=O) groups excluding carboxylic acids is 1. The Morgan fingerprint density at radius 2 is 1.71 bits per heavy atom. The van der Waals surface area contributed by atoms with Crippen LogP contribution < -0.4 is 14.8 Å². The Balaban J connectivity index is 1.83. The van der Waals surface area contributed by atoms with E-state index in [9.17, 15) is 4.79 Å². The molecule has 0 atom stereocenters. The maximum absolute atomic E-state index is 12.8. The fourth-order valence-electron chi connectivity index (χ4n) is 3.73. The average molecular weight is 383 g/mol. The number of hydrogen-bond acceptors (Lipinski definition) is 4. The van der Waals surface area contributed by atoms with Gasteiger partial charge >= 0.3 is 0 Å². The lowest BCUT2D eigenvalue weighted by molar-refractivity contribution is 0.0486. The highest BCUT2D eigenvalue weighted by Crippen LogP contribution is 2.38. The molecule has 1 amide bonds. The molecule has 5 heteroatoms. The zero-order valence-corrected chi connectivity index (χ0v) is 17.1. The van der Waals surface area contributed by atoms with Gasteiger partial charge in [0.15, 0.2) is 11.5 Å². The summed E-state index contributed by atoms with van der Waals surface area (Å²) in [7, 11) is 3.27. The first kappa shape index (κ1) is 20.2. The molecule has 5 nitrogen and oxygen atoms in total. The van der Waals surface area contributed by atoms with Gasteiger partial charge in [-0.05, 0) is 67.6 Å². The zero-order valence-electron chi connectivity index (χ0n) is 17.1. The van der Waals surface area contributed by atoms with Crippen molar-refractivity contribution in [2.45, 2.75) is 32.1 Å². The first-order valence-corrected chi connectivity index (χ1v) is 9.65. The largest absolute Gasteiger partial charge is 0.493 e. The van der Waals surface area contributed by atoms with Crippen LogP contribution in [0.25, 0.3) is 0 Å². The molecule has 1 saturated heterocycles. The Labute approximate surface area is 167 Å². The lowest BCUT2D eigenvalue weighted by Crippen LogP contribution is -2.44. The van der Waals surface area contributed by atoms with E-state index in [1.807, 2.05) is 44.2 Å². The van der Waals surface area contributed by atoms with Gasteiger partial charge < -0.3 is 19.5 Å². The van der Waals surface area contributed by atoms with E-state index in [4.69, 9.17) is 14.2 Å². The minimum absolute atomic E-state index is 0.0468. The summed E-state index contributed by atoms with van der Waals surface area (Å²) in [6, 6.07) is 11.8. The van der Waals surface area contributed by atoms with Crippen molar-refractivity contribution in [3.63, 3.8) is 0 Å². The van der Waals surface area contributed by atoms with Crippen LogP contribution >= 0.6 is 0 Å². The average Bonchev–Trinajstić information content (AvgIpc) is 2.74. The van der Waals surface area contributed by atoms with E-state index in [-0.39, 0.29) is 11.3 Å². The molecule has 1 aliphatic rings. The summed E-state index contributed by atoms with van der Waals surface area (Å²) in [6.07, 6.45) is 1.69. The number of nitrogens with one attached hydrogen (secondary N) is 1. The summed E-state index contributed by atoms with van der Waals surface area (Å²) >= 11 is 0. The Morgan fingerprint density at radius 1 is 1.00 bits per heavy atom. The second-order valence-corrected chi connectivity index (χ2v) is 7.44. The third-order valence-corrected chi connectivity index (χ3v) is 5.80. The van der Waals surface area contributed by atoms with Crippen molar-refractivity contribution in [1.82, 2.24) is 5.32 Å². The summed E-state index contributed by atoms with van der Waals surface area (Å²) in [5.41, 5.74) is 3.94. The fourth-order valence-corrected chi connectivity index (χ4v) is 3.73. The molecule has 0 spiro atoms. The van der Waals surface area contributed by atoms with Gasteiger partial charge in [-0.25, -0.2) is 0 Å². The highest BCUT2D eigenvalue weighted by atomic mass is 16.5. The van der Waals surface area contributed by atoms with Crippen LogP contribution in [0.3, 0.4) is 0 Å². The molecular formula is C23H29NO4. The van der Waals surface area contributed by atoms with E-state index in [1.165, 1.54) is 5.56 Å². The molecule has 3 rings (SSSR count). The standard InChI is InChI=1S/C23H29NO4/c1-16-5-6-18(13-17(16)2)22(25)24-15-23(9-11-28-12-10-23)19-7-8-20(26-3)21(14-19)27-4/h5-8,13-14H,9-12,15H2,1-4H3,(H,24,25). The smallest absolute Gasteiger partial charge is 0.251 e. The van der Waals surface area contributed by atoms with Crippen molar-refractivity contribution in [1.29, 1.82) is 0 Å². The van der Waals surface area contributed by atoms with Crippen molar-refractivity contribution >= 4 is 5.91 Å². The number of hydrogen-bond donors (Lipinski definition) is 1. The van der Waals surface area contributed by atoms with Crippen molar-refractivity contribution in [3.05, 3.63) is 58.7 Å². The Kier molecular flexibility index (Phi) is 6.25. The minimum Gasteiger partial charge on any atom is -0.493 e. The van der Waals surface area contributed by atoms with Crippen LogP contribution in [-0.2, 0) is 10.2 Å². The Bertz CT molecular complexity index is 840. The molecule has 0 aliphatic carbocycles. The van der Waals surface area contributed by atoms with Crippen LogP contribution in [0.1, 0.15) is 39.9 Å². The molecule has 2 aromatic carbocycles. The highest BCUT2D eigenvalue weighted by molar-refractivity contribution is 5.94. The first-order valence-electron chi connectivity index (χ1n) is 9.65. The zero-order chi connectivity index (χ0) is 20.1. The lowest BCUT2D eigenvalue weighted by Gasteiger charge is -2.38. The third-order valence-electron chi connectivity index (χ3n) is 5.80. The van der Waals surface area contributed by atoms with Gasteiger partial charge in [-0.15, -0.1) is 0 Å². The minimum atomic E-state index is -0.187. The van der Waals surface area contributed by atoms with Crippen LogP contribution in [-0.4, -0.2) is 39.9 Å². The number of benzene rings is 2. The van der Waals surface area contributed by atoms with E-state index >= 15 is 0 Å². The van der Waals surface area contributed by atoms with Crippen LogP contribution in [0.15, 0.2) is 36.4 Å². The van der Waals surface area contributed by atoms with Crippen molar-refractivity contribution in [2.75, 3.05) is 34.0 Å². The molecule has 150 valence electrons. The van der Waals surface area contributed by atoms with E-state index < -0.39 is 0 Å². The van der Waals surface area contributed by atoms with Crippen LogP contribution in [0.5, 0.6) is 11.5 Å². The van der Waals surface area contributed by atoms with Gasteiger partial charge in [-0.1, -0.05) is 12.1 Å². The molecule has 1 heterocycles. The molecule has 0 aromatic heterocycles. The summed E-state index contributed by atoms with van der Waals surface area (Å²) in [6.45, 7) is 5.97. The van der Waals surface area contributed by atoms with Crippen LogP contribution in [0.4, 0.5) is 0 Å². The molecule has 2 aromatic rings. The number of rotatable bonds is 6. The predicted molar refractivity (Wildman–Crippen MR) is 110 cm³/mol. The molecule has 1 aliphatic heterocycles. The first-order chi connectivity index (χ1) is 13.5. The van der Waals surface area contributed by atoms with Gasteiger partial charge in [0.05, 0.1) is 14.2 Å². The van der Waals surface area contributed by atoms with Crippen LogP contribution in [0.2, 0.25) is 0 Å². The van der Waals surface area contributed by atoms with Gasteiger partial charge in [0, 0.05) is 30.7 Å². The maximum Gasteiger partial charge on any atom is 0.251 e. The van der Waals surface area contributed by atoms with Crippen molar-refractivity contribution < 1.29 is 19.0 Å².